The van der Waals surface area contributed by atoms with E-state index in [0.29, 0.717) is 79.8 Å². The van der Waals surface area contributed by atoms with Gasteiger partial charge in [-0.25, -0.2) is 49.8 Å². The zero-order chi connectivity index (χ0) is 83.9. The van der Waals surface area contributed by atoms with E-state index in [1.54, 1.807) is 0 Å². The molecule has 6 saturated carbocycles. The van der Waals surface area contributed by atoms with Crippen LogP contribution < -0.4 is 50.8 Å². The van der Waals surface area contributed by atoms with E-state index in [4.69, 9.17) is 38.4 Å². The van der Waals surface area contributed by atoms with E-state index in [-0.39, 0.29) is 70.2 Å². The van der Waals surface area contributed by atoms with E-state index < -0.39 is 5.54 Å². The Hall–Kier alpha value is -9.78. The molecule has 0 spiro atoms. The highest BCUT2D eigenvalue weighted by atomic mass is 16.6. The molecule has 8 fully saturated rings. The summed E-state index contributed by atoms with van der Waals surface area (Å²) in [6.07, 6.45) is 35.7. The van der Waals surface area contributed by atoms with Crippen LogP contribution in [0.1, 0.15) is 221 Å². The Morgan fingerprint density at radius 3 is 1.16 bits per heavy atom. The summed E-state index contributed by atoms with van der Waals surface area (Å²) in [5.41, 5.74) is 5.43. The highest BCUT2D eigenvalue weighted by Crippen LogP contribution is 2.35. The molecular formula is C95H132N16O12. The van der Waals surface area contributed by atoms with Gasteiger partial charge in [0.2, 0.25) is 29.7 Å². The summed E-state index contributed by atoms with van der Waals surface area (Å²) in [7, 11) is 0. The molecular weight excluding hydrogens is 1560 g/mol. The fraction of sp³-hybridized carbons (Fsp3) is 0.558. The SMILES string of the molecule is C.C.C=C(NC(C)(C)CO)c1cccc2cnc(NC3CCC(O)CC3)nc12.CCCOc1cccc2cnc(NC3CCC(O)CC3)nc12.OC1CCC(Nc2ncc3ccc(OC4CCOC4)cc3n2)CC1.OC1CCC(Nc2ncc3cccc(OC4CCCCC4)c3n2)CC1.OC1CCC(Nc2ncc3cccc(OC4CCOC4)c3n2)CC1. The summed E-state index contributed by atoms with van der Waals surface area (Å²) in [5.74, 6) is 6.46. The third kappa shape index (κ3) is 27.1. The van der Waals surface area contributed by atoms with E-state index >= 15 is 0 Å². The van der Waals surface area contributed by atoms with Crippen molar-refractivity contribution in [2.24, 2.45) is 0 Å². The van der Waals surface area contributed by atoms with Gasteiger partial charge in [-0.15, -0.1) is 0 Å². The van der Waals surface area contributed by atoms with Crippen molar-refractivity contribution >= 4 is 90.0 Å². The quantitative estimate of drug-likeness (QED) is 0.0283. The van der Waals surface area contributed by atoms with Gasteiger partial charge in [0.15, 0.2) is 0 Å². The van der Waals surface area contributed by atoms with E-state index in [0.717, 1.165) is 263 Å². The van der Waals surface area contributed by atoms with Crippen LogP contribution in [0.3, 0.4) is 0 Å². The van der Waals surface area contributed by atoms with Crippen LogP contribution in [0.5, 0.6) is 23.0 Å². The minimum Gasteiger partial charge on any atom is -0.491 e. The van der Waals surface area contributed by atoms with Crippen LogP contribution in [0.2, 0.25) is 0 Å². The van der Waals surface area contributed by atoms with Crippen molar-refractivity contribution in [3.8, 4) is 23.0 Å². The monoisotopic (exact) mass is 1690 g/mol. The largest absolute Gasteiger partial charge is 0.491 e. The Morgan fingerprint density at radius 2 is 0.764 bits per heavy atom. The molecule has 8 aliphatic rings. The van der Waals surface area contributed by atoms with Gasteiger partial charge in [0.25, 0.3) is 0 Å². The lowest BCUT2D eigenvalue weighted by Crippen LogP contribution is -2.41. The molecule has 5 aromatic heterocycles. The highest BCUT2D eigenvalue weighted by Gasteiger charge is 2.28. The summed E-state index contributed by atoms with van der Waals surface area (Å²) in [6.45, 7) is 13.6. The number of aromatic nitrogens is 10. The van der Waals surface area contributed by atoms with Crippen molar-refractivity contribution in [3.63, 3.8) is 0 Å². The van der Waals surface area contributed by atoms with Gasteiger partial charge in [-0.2, -0.15) is 0 Å². The van der Waals surface area contributed by atoms with Crippen LogP contribution >= 0.6 is 0 Å². The summed E-state index contributed by atoms with van der Waals surface area (Å²) in [6, 6.07) is 31.3. The lowest BCUT2D eigenvalue weighted by atomic mass is 9.93. The second kappa shape index (κ2) is 45.7. The first-order chi connectivity index (χ1) is 58.9. The highest BCUT2D eigenvalue weighted by molar-refractivity contribution is 5.91. The molecule has 7 heterocycles. The minimum atomic E-state index is -0.462. The molecule has 6 aliphatic carbocycles. The standard InChI is InChI=1S/C20H28N4O2.C20H27N3O2.2C18H23N3O3.C17H23N3O2.2CH4/c1-13(24-20(2,3)12-25)17-6-4-5-14-11-21-19(23-18(14)17)22-15-7-9-16(26)10-8-15;24-16-11-9-15(10-12-16)22-20-21-13-14-5-4-8-18(19(14)23-20)25-17-6-2-1-3-7-17;22-14-4-2-13(3-5-14)20-18-19-10-12-1-6-15(9-17(12)21-18)24-16-7-8-23-11-16;22-14-6-4-13(5-7-14)20-18-19-10-12-2-1-3-16(17(12)21-18)24-15-8-9-23-11-15;1-2-10-22-15-5-3-4-12-11-18-17(20-16(12)15)19-13-6-8-14(21)9-7-13;;/h4-6,11,15-16,24-26H,1,7-10,12H2,2-3H3,(H,21,22,23);4-5,8,13,15-17,24H,1-3,6-7,9-12H2,(H,21,22,23);1,6,9-10,13-14,16,22H,2-5,7-8,11H2,(H,19,20,21);1-3,10,13-15,22H,4-9,11H2,(H,19,20,21);3-5,11,13-14,21H,2,6-10H2,1H3,(H,18,19,20);2*1H4. The molecule has 28 nitrogen and oxygen atoms in total. The lowest BCUT2D eigenvalue weighted by Gasteiger charge is -2.27. The van der Waals surface area contributed by atoms with Crippen LogP contribution in [0, 0.1) is 0 Å². The van der Waals surface area contributed by atoms with Gasteiger partial charge in [-0.05, 0) is 205 Å². The molecule has 2 saturated heterocycles. The van der Waals surface area contributed by atoms with Crippen LogP contribution in [0.25, 0.3) is 60.2 Å². The molecule has 12 N–H and O–H groups in total. The van der Waals surface area contributed by atoms with Gasteiger partial charge in [-0.3, -0.25) is 0 Å². The number of para-hydroxylation sites is 4. The zero-order valence-corrected chi connectivity index (χ0v) is 70.4. The molecule has 0 radical (unpaired) electrons. The molecule has 2 unspecified atom stereocenters. The van der Waals surface area contributed by atoms with Crippen molar-refractivity contribution in [2.75, 3.05) is 66.2 Å². The Morgan fingerprint density at radius 1 is 0.407 bits per heavy atom. The Kier molecular flexibility index (Phi) is 34.4. The molecule has 0 amide bonds. The van der Waals surface area contributed by atoms with Crippen molar-refractivity contribution < 1.29 is 59.1 Å². The van der Waals surface area contributed by atoms with E-state index in [1.165, 1.54) is 19.3 Å². The van der Waals surface area contributed by atoms with Crippen LogP contribution in [0.4, 0.5) is 29.7 Å². The van der Waals surface area contributed by atoms with E-state index in [1.807, 2.05) is 136 Å². The number of benzene rings is 5. The molecule has 5 aromatic carbocycles. The van der Waals surface area contributed by atoms with Gasteiger partial charge in [0, 0.05) is 118 Å². The number of hydrogen-bond donors (Lipinski definition) is 12. The Bertz CT molecular complexity index is 4920. The number of nitrogens with one attached hydrogen (secondary N) is 6. The van der Waals surface area contributed by atoms with Crippen molar-refractivity contribution in [1.29, 1.82) is 0 Å². The van der Waals surface area contributed by atoms with Crippen molar-refractivity contribution in [3.05, 3.63) is 134 Å². The van der Waals surface area contributed by atoms with Crippen LogP contribution in [0.15, 0.2) is 129 Å². The second-order valence-electron chi connectivity index (χ2n) is 34.3. The summed E-state index contributed by atoms with van der Waals surface area (Å²) in [4.78, 5) is 45.5. The lowest BCUT2D eigenvalue weighted by molar-refractivity contribution is 0.125. The van der Waals surface area contributed by atoms with Crippen LogP contribution in [-0.2, 0) is 9.47 Å². The maximum absolute atomic E-state index is 9.65. The number of fused-ring (bicyclic) bond motifs is 5. The number of aliphatic hydroxyl groups is 6. The number of hydrogen-bond acceptors (Lipinski definition) is 28. The molecule has 123 heavy (non-hydrogen) atoms. The molecule has 0 bridgehead atoms. The first kappa shape index (κ1) is 92.4. The molecule has 28 heteroatoms. The predicted molar refractivity (Wildman–Crippen MR) is 487 cm³/mol. The first-order valence-electron chi connectivity index (χ1n) is 44.3. The zero-order valence-electron chi connectivity index (χ0n) is 70.4. The van der Waals surface area contributed by atoms with Gasteiger partial charge < -0.3 is 91.0 Å². The van der Waals surface area contributed by atoms with E-state index in [2.05, 4.69) is 85.3 Å². The smallest absolute Gasteiger partial charge is 0.223 e. The molecule has 664 valence electrons. The van der Waals surface area contributed by atoms with Crippen molar-refractivity contribution in [2.45, 2.75) is 300 Å². The topological polar surface area (TPSA) is 378 Å². The normalized spacial score (nSPS) is 24.0. The van der Waals surface area contributed by atoms with Gasteiger partial charge in [0.05, 0.1) is 92.8 Å². The second-order valence-corrected chi connectivity index (χ2v) is 34.3. The molecule has 18 rings (SSSR count). The Labute approximate surface area is 723 Å². The average molecular weight is 1690 g/mol. The maximum Gasteiger partial charge on any atom is 0.223 e. The number of rotatable bonds is 23. The first-order valence-corrected chi connectivity index (χ1v) is 44.3. The summed E-state index contributed by atoms with van der Waals surface area (Å²) < 4.78 is 34.8. The molecule has 10 aromatic rings. The number of ether oxygens (including phenoxy) is 6. The third-order valence-corrected chi connectivity index (χ3v) is 23.9. The Balaban J connectivity index is 0.000000140. The number of nitrogens with zero attached hydrogens (tertiary/aromatic N) is 10. The van der Waals surface area contributed by atoms with Gasteiger partial charge in [0.1, 0.15) is 51.8 Å². The number of aliphatic hydroxyl groups excluding tert-OH is 6. The van der Waals surface area contributed by atoms with Crippen LogP contribution in [-0.4, -0.2) is 205 Å². The summed E-state index contributed by atoms with van der Waals surface area (Å²) >= 11 is 0. The van der Waals surface area contributed by atoms with Gasteiger partial charge >= 0.3 is 0 Å². The average Bonchev–Trinajstić information content (AvgIpc) is 1.74. The van der Waals surface area contributed by atoms with Gasteiger partial charge in [-0.1, -0.05) is 89.4 Å². The summed E-state index contributed by atoms with van der Waals surface area (Å²) in [5, 5.41) is 82.8. The predicted octanol–water partition coefficient (Wildman–Crippen LogP) is 16.2. The third-order valence-electron chi connectivity index (χ3n) is 23.9. The fourth-order valence-corrected chi connectivity index (χ4v) is 16.8. The molecule has 2 aliphatic heterocycles. The molecule has 2 atom stereocenters. The number of anilines is 5. The maximum atomic E-state index is 9.65. The van der Waals surface area contributed by atoms with Crippen molar-refractivity contribution in [1.82, 2.24) is 55.2 Å². The minimum absolute atomic E-state index is 0. The fourth-order valence-electron chi connectivity index (χ4n) is 16.8. The van der Waals surface area contributed by atoms with E-state index in [9.17, 15) is 30.6 Å².